The molecule has 140 valence electrons. The Balaban J connectivity index is 1.31. The zero-order valence-corrected chi connectivity index (χ0v) is 15.2. The molecule has 0 aromatic carbocycles. The molecular formula is C20H27N3O3. The Kier molecular flexibility index (Phi) is 3.66. The van der Waals surface area contributed by atoms with Crippen LogP contribution in [0.4, 0.5) is 0 Å². The monoisotopic (exact) mass is 357 g/mol. The van der Waals surface area contributed by atoms with Crippen molar-refractivity contribution in [3.63, 3.8) is 0 Å². The quantitative estimate of drug-likeness (QED) is 0.898. The van der Waals surface area contributed by atoms with E-state index in [-0.39, 0.29) is 11.8 Å². The molecule has 6 heteroatoms. The summed E-state index contributed by atoms with van der Waals surface area (Å²) in [5.41, 5.74) is 1.80. The van der Waals surface area contributed by atoms with E-state index >= 15 is 0 Å². The Morgan fingerprint density at radius 1 is 1.12 bits per heavy atom. The molecular weight excluding hydrogens is 330 g/mol. The van der Waals surface area contributed by atoms with Crippen molar-refractivity contribution in [1.29, 1.82) is 0 Å². The van der Waals surface area contributed by atoms with Crippen LogP contribution in [0.5, 0.6) is 0 Å². The van der Waals surface area contributed by atoms with Crippen molar-refractivity contribution < 1.29 is 14.7 Å². The van der Waals surface area contributed by atoms with Gasteiger partial charge in [-0.2, -0.15) is 5.10 Å². The summed E-state index contributed by atoms with van der Waals surface area (Å²) in [6.07, 6.45) is 7.95. The zero-order valence-electron chi connectivity index (χ0n) is 15.2. The van der Waals surface area contributed by atoms with Crippen LogP contribution in [0.1, 0.15) is 56.3 Å². The second-order valence-electron chi connectivity index (χ2n) is 9.17. The number of rotatable bonds is 4. The third kappa shape index (κ3) is 2.65. The lowest BCUT2D eigenvalue weighted by Crippen LogP contribution is -2.55. The maximum absolute atomic E-state index is 13.5. The summed E-state index contributed by atoms with van der Waals surface area (Å²) in [5.74, 6) is 1.93. The molecule has 0 saturated heterocycles. The van der Waals surface area contributed by atoms with Crippen LogP contribution in [0.25, 0.3) is 0 Å². The van der Waals surface area contributed by atoms with Gasteiger partial charge >= 0.3 is 5.97 Å². The first-order valence-corrected chi connectivity index (χ1v) is 10.1. The van der Waals surface area contributed by atoms with Crippen molar-refractivity contribution >= 4 is 11.9 Å². The highest BCUT2D eigenvalue weighted by molar-refractivity contribution is 5.83. The van der Waals surface area contributed by atoms with Gasteiger partial charge in [-0.05, 0) is 62.3 Å². The van der Waals surface area contributed by atoms with E-state index in [1.165, 1.54) is 19.3 Å². The highest BCUT2D eigenvalue weighted by Crippen LogP contribution is 2.60. The van der Waals surface area contributed by atoms with Gasteiger partial charge in [0.05, 0.1) is 36.3 Å². The Bertz CT molecular complexity index is 718. The first kappa shape index (κ1) is 16.3. The molecule has 0 unspecified atom stereocenters. The van der Waals surface area contributed by atoms with E-state index in [9.17, 15) is 9.59 Å². The molecule has 1 amide bonds. The normalized spacial score (nSPS) is 34.8. The Hall–Kier alpha value is -1.85. The molecule has 2 heterocycles. The van der Waals surface area contributed by atoms with Crippen LogP contribution in [0.2, 0.25) is 0 Å². The van der Waals surface area contributed by atoms with Crippen LogP contribution in [-0.4, -0.2) is 38.2 Å². The van der Waals surface area contributed by atoms with Gasteiger partial charge in [-0.15, -0.1) is 0 Å². The largest absolute Gasteiger partial charge is 0.481 e. The molecule has 5 aliphatic rings. The van der Waals surface area contributed by atoms with Gasteiger partial charge in [-0.3, -0.25) is 14.3 Å². The number of hydrogen-bond acceptors (Lipinski definition) is 3. The average Bonchev–Trinajstić information content (AvgIpc) is 3.00. The Morgan fingerprint density at radius 2 is 1.77 bits per heavy atom. The fourth-order valence-electron chi connectivity index (χ4n) is 6.56. The van der Waals surface area contributed by atoms with Gasteiger partial charge in [0.25, 0.3) is 0 Å². The van der Waals surface area contributed by atoms with Crippen molar-refractivity contribution in [2.24, 2.45) is 23.2 Å². The SMILES string of the molecule is O=C(O)CCc1cc2n(n1)CCN(C(=O)C13CC4CC(CC(C4)C1)C3)C2. The molecule has 0 radical (unpaired) electrons. The summed E-state index contributed by atoms with van der Waals surface area (Å²) in [5, 5.41) is 13.4. The fourth-order valence-corrected chi connectivity index (χ4v) is 6.56. The number of aryl methyl sites for hydroxylation is 1. The third-order valence-corrected chi connectivity index (χ3v) is 7.22. The molecule has 0 atom stereocenters. The summed E-state index contributed by atoms with van der Waals surface area (Å²) >= 11 is 0. The second-order valence-corrected chi connectivity index (χ2v) is 9.17. The number of aliphatic carboxylic acids is 1. The van der Waals surface area contributed by atoms with E-state index in [4.69, 9.17) is 5.11 Å². The van der Waals surface area contributed by atoms with E-state index < -0.39 is 5.97 Å². The Morgan fingerprint density at radius 3 is 2.38 bits per heavy atom. The lowest BCUT2D eigenvalue weighted by Gasteiger charge is -2.56. The van der Waals surface area contributed by atoms with Crippen molar-refractivity contribution in [2.45, 2.75) is 64.5 Å². The molecule has 6 rings (SSSR count). The van der Waals surface area contributed by atoms with Crippen molar-refractivity contribution in [1.82, 2.24) is 14.7 Å². The highest BCUT2D eigenvalue weighted by Gasteiger charge is 2.55. The summed E-state index contributed by atoms with van der Waals surface area (Å²) in [7, 11) is 0. The molecule has 1 aromatic heterocycles. The smallest absolute Gasteiger partial charge is 0.303 e. The standard InChI is InChI=1S/C20H27N3O3/c24-18(25)2-1-16-8-17-12-22(3-4-23(17)21-16)19(26)20-9-13-5-14(10-20)7-15(6-13)11-20/h8,13-15H,1-7,9-12H2,(H,24,25). The highest BCUT2D eigenvalue weighted by atomic mass is 16.4. The topological polar surface area (TPSA) is 75.4 Å². The second kappa shape index (κ2) is 5.83. The maximum Gasteiger partial charge on any atom is 0.303 e. The van der Waals surface area contributed by atoms with Crippen LogP contribution in [0.15, 0.2) is 6.07 Å². The number of carbonyl (C=O) groups excluding carboxylic acids is 1. The van der Waals surface area contributed by atoms with Gasteiger partial charge in [0, 0.05) is 13.0 Å². The first-order valence-electron chi connectivity index (χ1n) is 10.1. The van der Waals surface area contributed by atoms with Crippen LogP contribution in [0, 0.1) is 23.2 Å². The number of nitrogens with zero attached hydrogens (tertiary/aromatic N) is 3. The predicted octanol–water partition coefficient (Wildman–Crippen LogP) is 2.46. The summed E-state index contributed by atoms with van der Waals surface area (Å²) in [4.78, 5) is 26.3. The molecule has 6 nitrogen and oxygen atoms in total. The van der Waals surface area contributed by atoms with E-state index in [1.807, 2.05) is 10.7 Å². The van der Waals surface area contributed by atoms with Gasteiger partial charge in [-0.25, -0.2) is 0 Å². The summed E-state index contributed by atoms with van der Waals surface area (Å²) < 4.78 is 1.96. The first-order chi connectivity index (χ1) is 12.5. The number of carbonyl (C=O) groups is 2. The maximum atomic E-state index is 13.5. The van der Waals surface area contributed by atoms with Crippen molar-refractivity contribution in [3.05, 3.63) is 17.5 Å². The molecule has 4 saturated carbocycles. The summed E-state index contributed by atoms with van der Waals surface area (Å²) in [6.45, 7) is 2.08. The van der Waals surface area contributed by atoms with E-state index in [1.54, 1.807) is 0 Å². The molecule has 26 heavy (non-hydrogen) atoms. The predicted molar refractivity (Wildman–Crippen MR) is 94.2 cm³/mol. The van der Waals surface area contributed by atoms with E-state index in [0.29, 0.717) is 18.9 Å². The minimum atomic E-state index is -0.797. The number of hydrogen-bond donors (Lipinski definition) is 1. The van der Waals surface area contributed by atoms with Crippen LogP contribution >= 0.6 is 0 Å². The van der Waals surface area contributed by atoms with Crippen molar-refractivity contribution in [3.8, 4) is 0 Å². The fraction of sp³-hybridized carbons (Fsp3) is 0.750. The van der Waals surface area contributed by atoms with Gasteiger partial charge in [0.2, 0.25) is 5.91 Å². The van der Waals surface area contributed by atoms with Crippen LogP contribution < -0.4 is 0 Å². The zero-order chi connectivity index (χ0) is 17.9. The minimum absolute atomic E-state index is 0.0803. The van der Waals surface area contributed by atoms with Gasteiger partial charge in [-0.1, -0.05) is 0 Å². The molecule has 4 bridgehead atoms. The molecule has 0 spiro atoms. The number of aromatic nitrogens is 2. The Labute approximate surface area is 153 Å². The molecule has 1 N–H and O–H groups in total. The van der Waals surface area contributed by atoms with Gasteiger partial charge < -0.3 is 10.0 Å². The lowest BCUT2D eigenvalue weighted by atomic mass is 9.49. The van der Waals surface area contributed by atoms with Crippen LogP contribution in [0.3, 0.4) is 0 Å². The van der Waals surface area contributed by atoms with Crippen molar-refractivity contribution in [2.75, 3.05) is 6.54 Å². The number of carboxylic acids is 1. The lowest BCUT2D eigenvalue weighted by molar-refractivity contribution is -0.159. The van der Waals surface area contributed by atoms with Crippen LogP contribution in [-0.2, 0) is 29.1 Å². The minimum Gasteiger partial charge on any atom is -0.481 e. The molecule has 1 aliphatic heterocycles. The third-order valence-electron chi connectivity index (χ3n) is 7.22. The molecule has 1 aromatic rings. The van der Waals surface area contributed by atoms with E-state index in [0.717, 1.165) is 61.5 Å². The number of carboxylic acid groups (broad SMARTS) is 1. The van der Waals surface area contributed by atoms with Gasteiger partial charge in [0.1, 0.15) is 0 Å². The number of fused-ring (bicyclic) bond motifs is 1. The average molecular weight is 357 g/mol. The molecule has 4 aliphatic carbocycles. The van der Waals surface area contributed by atoms with Gasteiger partial charge in [0.15, 0.2) is 0 Å². The van der Waals surface area contributed by atoms with E-state index in [2.05, 4.69) is 10.00 Å². The number of amides is 1. The summed E-state index contributed by atoms with van der Waals surface area (Å²) in [6, 6.07) is 1.99. The molecule has 4 fully saturated rings.